The molecule has 0 saturated carbocycles. The highest BCUT2D eigenvalue weighted by Gasteiger charge is 2.23. The van der Waals surface area contributed by atoms with E-state index in [9.17, 15) is 0 Å². The largest absolute Gasteiger partial charge is 0.386 e. The lowest BCUT2D eigenvalue weighted by molar-refractivity contribution is 0.605. The molecule has 0 aliphatic carbocycles. The Kier molecular flexibility index (Phi) is 3.46. The molecule has 1 aliphatic heterocycles. The SMILES string of the molecule is CCC(C)C1=NN=C(N)CC1CC. The summed E-state index contributed by atoms with van der Waals surface area (Å²) in [5.74, 6) is 1.74. The van der Waals surface area contributed by atoms with Gasteiger partial charge >= 0.3 is 0 Å². The van der Waals surface area contributed by atoms with Crippen LogP contribution in [0.5, 0.6) is 0 Å². The second-order valence-corrected chi connectivity index (χ2v) is 3.73. The van der Waals surface area contributed by atoms with Crippen molar-refractivity contribution in [1.29, 1.82) is 0 Å². The third-order valence-electron chi connectivity index (χ3n) is 2.78. The molecule has 0 aromatic carbocycles. The van der Waals surface area contributed by atoms with Crippen molar-refractivity contribution in [1.82, 2.24) is 0 Å². The first-order valence-corrected chi connectivity index (χ1v) is 5.08. The van der Waals surface area contributed by atoms with Gasteiger partial charge in [0.25, 0.3) is 0 Å². The monoisotopic (exact) mass is 181 g/mol. The second-order valence-electron chi connectivity index (χ2n) is 3.73. The molecule has 1 rings (SSSR count). The molecule has 2 N–H and O–H groups in total. The van der Waals surface area contributed by atoms with Crippen molar-refractivity contribution in [3.63, 3.8) is 0 Å². The van der Waals surface area contributed by atoms with Gasteiger partial charge < -0.3 is 5.73 Å². The Hall–Kier alpha value is -0.860. The molecule has 0 spiro atoms. The standard InChI is InChI=1S/C10H19N3/c1-4-7(3)10-8(5-2)6-9(11)12-13-10/h7-8H,4-6H2,1-3H3,(H2,11,12). The van der Waals surface area contributed by atoms with E-state index in [1.807, 2.05) is 0 Å². The van der Waals surface area contributed by atoms with Crippen molar-refractivity contribution in [2.75, 3.05) is 0 Å². The first kappa shape index (κ1) is 10.2. The molecule has 0 radical (unpaired) electrons. The summed E-state index contributed by atoms with van der Waals surface area (Å²) in [6.45, 7) is 6.57. The molecule has 13 heavy (non-hydrogen) atoms. The van der Waals surface area contributed by atoms with E-state index in [0.29, 0.717) is 17.7 Å². The van der Waals surface area contributed by atoms with Crippen LogP contribution in [0.1, 0.15) is 40.0 Å². The maximum absolute atomic E-state index is 5.65. The van der Waals surface area contributed by atoms with Gasteiger partial charge in [-0.05, 0) is 18.8 Å². The Labute approximate surface area is 80.1 Å². The average molecular weight is 181 g/mol. The average Bonchev–Trinajstić information content (AvgIpc) is 2.16. The first-order valence-electron chi connectivity index (χ1n) is 5.08. The predicted molar refractivity (Wildman–Crippen MR) is 56.9 cm³/mol. The molecule has 0 amide bonds. The van der Waals surface area contributed by atoms with Gasteiger partial charge in [0.05, 0.1) is 0 Å². The summed E-state index contributed by atoms with van der Waals surface area (Å²) >= 11 is 0. The number of hydrogen-bond donors (Lipinski definition) is 1. The van der Waals surface area contributed by atoms with E-state index in [0.717, 1.165) is 19.3 Å². The summed E-state index contributed by atoms with van der Waals surface area (Å²) in [5.41, 5.74) is 6.88. The molecule has 2 atom stereocenters. The molecule has 0 aromatic rings. The van der Waals surface area contributed by atoms with Gasteiger partial charge in [-0.1, -0.05) is 20.8 Å². The molecular weight excluding hydrogens is 162 g/mol. The van der Waals surface area contributed by atoms with Crippen molar-refractivity contribution >= 4 is 11.5 Å². The van der Waals surface area contributed by atoms with Gasteiger partial charge in [0.15, 0.2) is 0 Å². The van der Waals surface area contributed by atoms with Gasteiger partial charge in [0, 0.05) is 18.1 Å². The van der Waals surface area contributed by atoms with Crippen LogP contribution in [0.15, 0.2) is 10.2 Å². The number of nitrogens with zero attached hydrogens (tertiary/aromatic N) is 2. The summed E-state index contributed by atoms with van der Waals surface area (Å²) in [5, 5.41) is 8.17. The lowest BCUT2D eigenvalue weighted by Crippen LogP contribution is -2.29. The molecule has 3 nitrogen and oxygen atoms in total. The molecule has 0 bridgehead atoms. The lowest BCUT2D eigenvalue weighted by Gasteiger charge is -2.23. The molecule has 1 aliphatic rings. The van der Waals surface area contributed by atoms with Gasteiger partial charge in [0.1, 0.15) is 5.84 Å². The summed E-state index contributed by atoms with van der Waals surface area (Å²) in [4.78, 5) is 0. The summed E-state index contributed by atoms with van der Waals surface area (Å²) in [7, 11) is 0. The second kappa shape index (κ2) is 4.40. The van der Waals surface area contributed by atoms with Gasteiger partial charge in [-0.15, -0.1) is 5.10 Å². The van der Waals surface area contributed by atoms with Crippen LogP contribution in [0.4, 0.5) is 0 Å². The third-order valence-corrected chi connectivity index (χ3v) is 2.78. The minimum Gasteiger partial charge on any atom is -0.386 e. The lowest BCUT2D eigenvalue weighted by atomic mass is 9.86. The van der Waals surface area contributed by atoms with Crippen LogP contribution < -0.4 is 5.73 Å². The van der Waals surface area contributed by atoms with Crippen molar-refractivity contribution in [3.05, 3.63) is 0 Å². The fourth-order valence-electron chi connectivity index (χ4n) is 1.66. The minimum absolute atomic E-state index is 0.521. The van der Waals surface area contributed by atoms with E-state index in [4.69, 9.17) is 5.73 Å². The number of hydrogen-bond acceptors (Lipinski definition) is 3. The molecule has 0 fully saturated rings. The Morgan fingerprint density at radius 1 is 1.46 bits per heavy atom. The Morgan fingerprint density at radius 2 is 2.15 bits per heavy atom. The van der Waals surface area contributed by atoms with Crippen LogP contribution in [-0.4, -0.2) is 11.5 Å². The van der Waals surface area contributed by atoms with Crippen molar-refractivity contribution in [3.8, 4) is 0 Å². The minimum atomic E-state index is 0.521. The zero-order chi connectivity index (χ0) is 9.84. The van der Waals surface area contributed by atoms with E-state index >= 15 is 0 Å². The highest BCUT2D eigenvalue weighted by Crippen LogP contribution is 2.21. The van der Waals surface area contributed by atoms with E-state index in [1.165, 1.54) is 5.71 Å². The zero-order valence-corrected chi connectivity index (χ0v) is 8.75. The molecule has 0 aromatic heterocycles. The highest BCUT2D eigenvalue weighted by molar-refractivity contribution is 5.96. The molecule has 2 unspecified atom stereocenters. The Morgan fingerprint density at radius 3 is 2.69 bits per heavy atom. The maximum Gasteiger partial charge on any atom is 0.123 e. The number of rotatable bonds is 3. The van der Waals surface area contributed by atoms with Crippen LogP contribution in [0.2, 0.25) is 0 Å². The van der Waals surface area contributed by atoms with Crippen LogP contribution in [0.3, 0.4) is 0 Å². The number of amidine groups is 1. The first-order chi connectivity index (χ1) is 6.19. The van der Waals surface area contributed by atoms with Crippen LogP contribution in [0, 0.1) is 11.8 Å². The molecule has 74 valence electrons. The quantitative estimate of drug-likeness (QED) is 0.712. The predicted octanol–water partition coefficient (Wildman–Crippen LogP) is 2.18. The van der Waals surface area contributed by atoms with Crippen LogP contribution in [-0.2, 0) is 0 Å². The maximum atomic E-state index is 5.65. The van der Waals surface area contributed by atoms with Crippen LogP contribution >= 0.6 is 0 Å². The van der Waals surface area contributed by atoms with Crippen LogP contribution in [0.25, 0.3) is 0 Å². The molecule has 3 heteroatoms. The summed E-state index contributed by atoms with van der Waals surface area (Å²) < 4.78 is 0. The third kappa shape index (κ3) is 2.29. The van der Waals surface area contributed by atoms with Gasteiger partial charge in [-0.25, -0.2) is 0 Å². The fourth-order valence-corrected chi connectivity index (χ4v) is 1.66. The fraction of sp³-hybridized carbons (Fsp3) is 0.800. The van der Waals surface area contributed by atoms with Gasteiger partial charge in [-0.3, -0.25) is 0 Å². The summed E-state index contributed by atoms with van der Waals surface area (Å²) in [6.07, 6.45) is 3.13. The Balaban J connectivity index is 2.78. The number of nitrogens with two attached hydrogens (primary N) is 1. The van der Waals surface area contributed by atoms with Crippen molar-refractivity contribution in [2.45, 2.75) is 40.0 Å². The smallest absolute Gasteiger partial charge is 0.123 e. The van der Waals surface area contributed by atoms with E-state index < -0.39 is 0 Å². The topological polar surface area (TPSA) is 50.7 Å². The summed E-state index contributed by atoms with van der Waals surface area (Å²) in [6, 6.07) is 0. The molecule has 1 heterocycles. The van der Waals surface area contributed by atoms with E-state index in [1.54, 1.807) is 0 Å². The zero-order valence-electron chi connectivity index (χ0n) is 8.75. The highest BCUT2D eigenvalue weighted by atomic mass is 15.2. The van der Waals surface area contributed by atoms with E-state index in [-0.39, 0.29) is 0 Å². The van der Waals surface area contributed by atoms with Gasteiger partial charge in [-0.2, -0.15) is 5.10 Å². The van der Waals surface area contributed by atoms with Gasteiger partial charge in [0.2, 0.25) is 0 Å². The van der Waals surface area contributed by atoms with E-state index in [2.05, 4.69) is 31.0 Å². The molecular formula is C10H19N3. The Bertz CT molecular complexity index is 230. The molecule has 0 saturated heterocycles. The normalized spacial score (nSPS) is 25.0. The van der Waals surface area contributed by atoms with Crippen molar-refractivity contribution in [2.24, 2.45) is 27.8 Å². The van der Waals surface area contributed by atoms with Crippen molar-refractivity contribution < 1.29 is 0 Å².